The summed E-state index contributed by atoms with van der Waals surface area (Å²) in [5.41, 5.74) is -0.0239. The highest BCUT2D eigenvalue weighted by molar-refractivity contribution is 5.95. The molecule has 0 atom stereocenters. The quantitative estimate of drug-likeness (QED) is 0.682. The number of aliphatic hydroxyl groups excluding tert-OH is 1. The summed E-state index contributed by atoms with van der Waals surface area (Å²) in [7, 11) is 0. The van der Waals surface area contributed by atoms with E-state index < -0.39 is 22.7 Å². The topological polar surface area (TPSA) is 60.8 Å². The molecular weight excluding hydrogens is 412 g/mol. The third-order valence-electron chi connectivity index (χ3n) is 7.12. The second-order valence-electron chi connectivity index (χ2n) is 9.87. The predicted octanol–water partition coefficient (Wildman–Crippen LogP) is 4.67. The number of amides is 1. The lowest BCUT2D eigenvalue weighted by Gasteiger charge is -2.43. The van der Waals surface area contributed by atoms with Crippen molar-refractivity contribution in [2.45, 2.75) is 75.5 Å². The van der Waals surface area contributed by atoms with Crippen molar-refractivity contribution >= 4 is 5.91 Å². The largest absolute Gasteiger partial charge is 0.395 e. The predicted molar refractivity (Wildman–Crippen MR) is 118 cm³/mol. The van der Waals surface area contributed by atoms with Crippen LogP contribution in [0.25, 0.3) is 0 Å². The van der Waals surface area contributed by atoms with Gasteiger partial charge < -0.3 is 15.1 Å². The Hall–Kier alpha value is -2.31. The van der Waals surface area contributed by atoms with Gasteiger partial charge in [0.2, 0.25) is 0 Å². The molecule has 0 aliphatic heterocycles. The highest BCUT2D eigenvalue weighted by atomic mass is 19.1. The summed E-state index contributed by atoms with van der Waals surface area (Å²) in [6.45, 7) is 3.21. The minimum absolute atomic E-state index is 0.0205. The van der Waals surface area contributed by atoms with Gasteiger partial charge in [-0.05, 0) is 81.7 Å². The van der Waals surface area contributed by atoms with Gasteiger partial charge in [0, 0.05) is 29.1 Å². The molecule has 172 valence electrons. The highest BCUT2D eigenvalue weighted by Crippen LogP contribution is 2.44. The van der Waals surface area contributed by atoms with Crippen LogP contribution in [-0.4, -0.2) is 39.7 Å². The Morgan fingerprint density at radius 2 is 1.62 bits per heavy atom. The molecule has 0 radical (unpaired) electrons. The zero-order valence-corrected chi connectivity index (χ0v) is 18.7. The molecule has 4 rings (SSSR count). The maximum absolute atomic E-state index is 14.5. The number of carbonyl (C=O) groups excluding carboxylic acids is 1. The molecule has 32 heavy (non-hydrogen) atoms. The van der Waals surface area contributed by atoms with Gasteiger partial charge >= 0.3 is 0 Å². The van der Waals surface area contributed by atoms with E-state index in [1.54, 1.807) is 38.1 Å². The Bertz CT molecular complexity index is 972. The van der Waals surface area contributed by atoms with E-state index in [-0.39, 0.29) is 24.6 Å². The Morgan fingerprint density at radius 1 is 1.03 bits per heavy atom. The fourth-order valence-electron chi connectivity index (χ4n) is 5.02. The van der Waals surface area contributed by atoms with Gasteiger partial charge in [-0.1, -0.05) is 18.2 Å². The number of carbonyl (C=O) groups is 1. The van der Waals surface area contributed by atoms with Gasteiger partial charge in [-0.25, -0.2) is 8.78 Å². The van der Waals surface area contributed by atoms with Crippen molar-refractivity contribution in [3.05, 3.63) is 70.8 Å². The van der Waals surface area contributed by atoms with Crippen LogP contribution in [0, 0.1) is 11.6 Å². The van der Waals surface area contributed by atoms with E-state index in [9.17, 15) is 23.8 Å². The molecule has 2 aromatic carbocycles. The molecule has 0 heterocycles. The molecule has 2 saturated carbocycles. The first-order valence-electron chi connectivity index (χ1n) is 11.4. The van der Waals surface area contributed by atoms with Gasteiger partial charge in [-0.15, -0.1) is 0 Å². The van der Waals surface area contributed by atoms with Gasteiger partial charge in [-0.3, -0.25) is 4.79 Å². The Labute approximate surface area is 187 Å². The maximum Gasteiger partial charge on any atom is 0.254 e. The third-order valence-corrected chi connectivity index (χ3v) is 7.12. The van der Waals surface area contributed by atoms with Crippen LogP contribution in [0.1, 0.15) is 73.9 Å². The summed E-state index contributed by atoms with van der Waals surface area (Å²) in [5.74, 6) is -1.28. The SMILES string of the molecule is CC(C)(O)c1ccc(C(=O)N(C2CC2)C2CCC(CO)(c3ccc(F)cc3F)CC2)cc1. The molecule has 4 nitrogen and oxygen atoms in total. The van der Waals surface area contributed by atoms with Crippen LogP contribution in [0.15, 0.2) is 42.5 Å². The van der Waals surface area contributed by atoms with Gasteiger partial charge in [0.25, 0.3) is 5.91 Å². The lowest BCUT2D eigenvalue weighted by molar-refractivity contribution is 0.0513. The zero-order chi connectivity index (χ0) is 23.1. The minimum Gasteiger partial charge on any atom is -0.395 e. The minimum atomic E-state index is -0.968. The van der Waals surface area contributed by atoms with E-state index >= 15 is 0 Å². The van der Waals surface area contributed by atoms with Gasteiger partial charge in [-0.2, -0.15) is 0 Å². The molecule has 0 spiro atoms. The molecule has 0 aromatic heterocycles. The number of aliphatic hydroxyl groups is 2. The molecule has 6 heteroatoms. The highest BCUT2D eigenvalue weighted by Gasteiger charge is 2.44. The third kappa shape index (κ3) is 4.44. The van der Waals surface area contributed by atoms with Crippen molar-refractivity contribution in [3.63, 3.8) is 0 Å². The Kier molecular flexibility index (Phi) is 6.12. The first kappa shape index (κ1) is 22.9. The first-order valence-corrected chi connectivity index (χ1v) is 11.4. The normalized spacial score (nSPS) is 23.8. The van der Waals surface area contributed by atoms with Crippen LogP contribution in [-0.2, 0) is 11.0 Å². The molecule has 2 N–H and O–H groups in total. The van der Waals surface area contributed by atoms with E-state index in [1.165, 1.54) is 12.1 Å². The lowest BCUT2D eigenvalue weighted by Crippen LogP contribution is -2.47. The molecule has 2 aromatic rings. The van der Waals surface area contributed by atoms with Crippen LogP contribution in [0.5, 0.6) is 0 Å². The van der Waals surface area contributed by atoms with Crippen molar-refractivity contribution in [3.8, 4) is 0 Å². The monoisotopic (exact) mass is 443 g/mol. The summed E-state index contributed by atoms with van der Waals surface area (Å²) >= 11 is 0. The summed E-state index contributed by atoms with van der Waals surface area (Å²) in [6, 6.07) is 10.9. The second-order valence-corrected chi connectivity index (χ2v) is 9.87. The second kappa shape index (κ2) is 8.56. The van der Waals surface area contributed by atoms with E-state index in [2.05, 4.69) is 0 Å². The molecular formula is C26H31F2NO3. The Balaban J connectivity index is 1.52. The van der Waals surface area contributed by atoms with Crippen molar-refractivity contribution < 1.29 is 23.8 Å². The van der Waals surface area contributed by atoms with Gasteiger partial charge in [0.05, 0.1) is 12.2 Å². The summed E-state index contributed by atoms with van der Waals surface area (Å²) in [6.07, 6.45) is 4.32. The van der Waals surface area contributed by atoms with E-state index in [4.69, 9.17) is 0 Å². The van der Waals surface area contributed by atoms with Gasteiger partial charge in [0.1, 0.15) is 11.6 Å². The number of benzene rings is 2. The first-order chi connectivity index (χ1) is 15.1. The standard InChI is InChI=1S/C26H31F2NO3/c1-25(2,32)18-5-3-17(4-6-18)24(31)29(20-8-9-20)21-11-13-26(16-30,14-12-21)22-10-7-19(27)15-23(22)28/h3-7,10,15,20-21,30,32H,8-9,11-14,16H2,1-2H3. The number of hydrogen-bond acceptors (Lipinski definition) is 3. The van der Waals surface area contributed by atoms with Gasteiger partial charge in [0.15, 0.2) is 0 Å². The average Bonchev–Trinajstić information content (AvgIpc) is 3.59. The molecule has 0 saturated heterocycles. The van der Waals surface area contributed by atoms with Crippen LogP contribution in [0.3, 0.4) is 0 Å². The van der Waals surface area contributed by atoms with Crippen LogP contribution in [0.2, 0.25) is 0 Å². The van der Waals surface area contributed by atoms with Crippen molar-refractivity contribution in [1.82, 2.24) is 4.90 Å². The van der Waals surface area contributed by atoms with Crippen molar-refractivity contribution in [2.24, 2.45) is 0 Å². The van der Waals surface area contributed by atoms with E-state index in [0.717, 1.165) is 24.5 Å². The number of hydrogen-bond donors (Lipinski definition) is 2. The molecule has 0 bridgehead atoms. The van der Waals surface area contributed by atoms with Crippen LogP contribution >= 0.6 is 0 Å². The maximum atomic E-state index is 14.5. The Morgan fingerprint density at radius 3 is 2.12 bits per heavy atom. The summed E-state index contributed by atoms with van der Waals surface area (Å²) in [5, 5.41) is 20.3. The van der Waals surface area contributed by atoms with Crippen molar-refractivity contribution in [1.29, 1.82) is 0 Å². The molecule has 2 aliphatic rings. The van der Waals surface area contributed by atoms with E-state index in [1.807, 2.05) is 4.90 Å². The summed E-state index contributed by atoms with van der Waals surface area (Å²) in [4.78, 5) is 15.4. The van der Waals surface area contributed by atoms with E-state index in [0.29, 0.717) is 36.8 Å². The molecule has 2 fully saturated rings. The lowest BCUT2D eigenvalue weighted by atomic mass is 9.68. The zero-order valence-electron chi connectivity index (χ0n) is 18.7. The number of rotatable bonds is 6. The smallest absolute Gasteiger partial charge is 0.254 e. The van der Waals surface area contributed by atoms with Crippen LogP contribution < -0.4 is 0 Å². The molecule has 1 amide bonds. The van der Waals surface area contributed by atoms with Crippen molar-refractivity contribution in [2.75, 3.05) is 6.61 Å². The number of nitrogens with zero attached hydrogens (tertiary/aromatic N) is 1. The summed E-state index contributed by atoms with van der Waals surface area (Å²) < 4.78 is 27.9. The van der Waals surface area contributed by atoms with Crippen LogP contribution in [0.4, 0.5) is 8.78 Å². The molecule has 2 aliphatic carbocycles. The molecule has 0 unspecified atom stereocenters. The number of halogens is 2. The fraction of sp³-hybridized carbons (Fsp3) is 0.500. The fourth-order valence-corrected chi connectivity index (χ4v) is 5.02. The average molecular weight is 444 g/mol.